The van der Waals surface area contributed by atoms with Crippen LogP contribution in [0.2, 0.25) is 0 Å². The van der Waals surface area contributed by atoms with Gasteiger partial charge in [0.25, 0.3) is 11.5 Å². The Morgan fingerprint density at radius 2 is 1.91 bits per heavy atom. The molecule has 8 nitrogen and oxygen atoms in total. The fourth-order valence-corrected chi connectivity index (χ4v) is 4.40. The van der Waals surface area contributed by atoms with E-state index in [1.807, 2.05) is 0 Å². The number of benzene rings is 1. The van der Waals surface area contributed by atoms with Crippen LogP contribution < -0.4 is 11.3 Å². The monoisotopic (exact) mass is 439 g/mol. The van der Waals surface area contributed by atoms with Crippen LogP contribution in [0.4, 0.5) is 4.39 Å². The third-order valence-electron chi connectivity index (χ3n) is 6.22. The van der Waals surface area contributed by atoms with E-state index >= 15 is 0 Å². The third kappa shape index (κ3) is 4.34. The van der Waals surface area contributed by atoms with Gasteiger partial charge in [-0.1, -0.05) is 0 Å². The normalized spacial score (nSPS) is 15.3. The number of aromatic amines is 1. The molecule has 1 aliphatic rings. The summed E-state index contributed by atoms with van der Waals surface area (Å²) in [6, 6.07) is 5.74. The molecule has 168 valence electrons. The smallest absolute Gasteiger partial charge is 0.271 e. The summed E-state index contributed by atoms with van der Waals surface area (Å²) in [6.07, 6.45) is 4.25. The summed E-state index contributed by atoms with van der Waals surface area (Å²) in [4.78, 5) is 46.2. The third-order valence-corrected chi connectivity index (χ3v) is 6.22. The second-order valence-electron chi connectivity index (χ2n) is 8.30. The molecule has 2 aromatic heterocycles. The van der Waals surface area contributed by atoms with Crippen LogP contribution in [0.25, 0.3) is 5.65 Å². The Kier molecular flexibility index (Phi) is 6.18. The van der Waals surface area contributed by atoms with Gasteiger partial charge in [0, 0.05) is 22.7 Å². The summed E-state index contributed by atoms with van der Waals surface area (Å²) in [5, 5.41) is 0. The van der Waals surface area contributed by atoms with Crippen molar-refractivity contribution in [3.8, 4) is 0 Å². The molecule has 0 saturated carbocycles. The van der Waals surface area contributed by atoms with Gasteiger partial charge in [-0.2, -0.15) is 0 Å². The molecule has 1 aliphatic heterocycles. The van der Waals surface area contributed by atoms with Gasteiger partial charge in [-0.25, -0.2) is 9.37 Å². The van der Waals surface area contributed by atoms with Crippen LogP contribution in [0, 0.1) is 18.7 Å². The van der Waals surface area contributed by atoms with Crippen molar-refractivity contribution >= 4 is 17.3 Å². The highest BCUT2D eigenvalue weighted by Crippen LogP contribution is 2.22. The summed E-state index contributed by atoms with van der Waals surface area (Å²) < 4.78 is 14.4. The van der Waals surface area contributed by atoms with Gasteiger partial charge in [-0.3, -0.25) is 18.8 Å². The summed E-state index contributed by atoms with van der Waals surface area (Å²) >= 11 is 0. The Hall–Kier alpha value is -3.33. The van der Waals surface area contributed by atoms with Crippen molar-refractivity contribution in [3.63, 3.8) is 0 Å². The number of nitrogens with one attached hydrogen (secondary N) is 1. The first-order valence-electron chi connectivity index (χ1n) is 10.8. The Labute approximate surface area is 184 Å². The summed E-state index contributed by atoms with van der Waals surface area (Å²) in [6.45, 7) is 4.26. The number of carbonyl (C=O) groups excluding carboxylic acids is 2. The average molecular weight is 439 g/mol. The van der Waals surface area contributed by atoms with Crippen LogP contribution in [-0.2, 0) is 6.42 Å². The van der Waals surface area contributed by atoms with Gasteiger partial charge in [0.15, 0.2) is 17.1 Å². The highest BCUT2D eigenvalue weighted by atomic mass is 19.1. The number of rotatable bonds is 7. The number of imidazole rings is 1. The van der Waals surface area contributed by atoms with Crippen LogP contribution in [0.1, 0.15) is 51.4 Å². The molecule has 1 saturated heterocycles. The first kappa shape index (κ1) is 21.9. The zero-order valence-corrected chi connectivity index (χ0v) is 17.9. The second kappa shape index (κ2) is 9.04. The van der Waals surface area contributed by atoms with Crippen molar-refractivity contribution in [3.05, 3.63) is 69.3 Å². The Bertz CT molecular complexity index is 1210. The largest absolute Gasteiger partial charge is 0.364 e. The lowest BCUT2D eigenvalue weighted by Gasteiger charge is -2.31. The van der Waals surface area contributed by atoms with Gasteiger partial charge in [0.2, 0.25) is 0 Å². The number of hydrogen-bond donors (Lipinski definition) is 2. The van der Waals surface area contributed by atoms with Crippen molar-refractivity contribution in [2.45, 2.75) is 32.6 Å². The number of nitrogens with two attached hydrogens (primary N) is 1. The zero-order chi connectivity index (χ0) is 22.8. The maximum atomic E-state index is 13.1. The number of likely N-dealkylation sites (tertiary alicyclic amines) is 1. The minimum atomic E-state index is -0.684. The molecule has 0 spiro atoms. The topological polar surface area (TPSA) is 114 Å². The Morgan fingerprint density at radius 3 is 2.56 bits per heavy atom. The van der Waals surface area contributed by atoms with Gasteiger partial charge < -0.3 is 15.6 Å². The highest BCUT2D eigenvalue weighted by Gasteiger charge is 2.25. The van der Waals surface area contributed by atoms with Crippen molar-refractivity contribution in [2.24, 2.45) is 11.7 Å². The lowest BCUT2D eigenvalue weighted by Crippen LogP contribution is -2.37. The van der Waals surface area contributed by atoms with Crippen LogP contribution >= 0.6 is 0 Å². The molecule has 0 aliphatic carbocycles. The molecule has 4 rings (SSSR count). The molecule has 1 amide bonds. The predicted octanol–water partition coefficient (Wildman–Crippen LogP) is 2.10. The SMILES string of the molecule is Cc1[nH]c2c(C(N)=O)ncn2c(=O)c1CCCN1CCC(C(=O)c2ccc(F)cc2)CC1. The van der Waals surface area contributed by atoms with Crippen molar-refractivity contribution < 1.29 is 14.0 Å². The van der Waals surface area contributed by atoms with E-state index in [2.05, 4.69) is 14.9 Å². The molecule has 3 N–H and O–H groups in total. The molecule has 1 fully saturated rings. The molecule has 9 heteroatoms. The van der Waals surface area contributed by atoms with Crippen LogP contribution in [0.5, 0.6) is 0 Å². The van der Waals surface area contributed by atoms with E-state index in [-0.39, 0.29) is 28.8 Å². The van der Waals surface area contributed by atoms with Gasteiger partial charge in [0.05, 0.1) is 0 Å². The molecule has 0 radical (unpaired) electrons. The number of Topliss-reactive ketones (excluding diaryl/α,β-unsaturated/α-hetero) is 1. The lowest BCUT2D eigenvalue weighted by molar-refractivity contribution is 0.0839. The first-order chi connectivity index (χ1) is 15.3. The minimum Gasteiger partial charge on any atom is -0.364 e. The first-order valence-corrected chi connectivity index (χ1v) is 10.8. The fourth-order valence-electron chi connectivity index (χ4n) is 4.40. The van der Waals surface area contributed by atoms with Gasteiger partial charge in [-0.05, 0) is 76.5 Å². The molecule has 3 aromatic rings. The molecular weight excluding hydrogens is 413 g/mol. The zero-order valence-electron chi connectivity index (χ0n) is 17.9. The maximum Gasteiger partial charge on any atom is 0.271 e. The number of aryl methyl sites for hydroxylation is 1. The van der Waals surface area contributed by atoms with Gasteiger partial charge in [-0.15, -0.1) is 0 Å². The van der Waals surface area contributed by atoms with E-state index < -0.39 is 5.91 Å². The number of nitrogens with zero attached hydrogens (tertiary/aromatic N) is 3. The van der Waals surface area contributed by atoms with Crippen LogP contribution in [0.3, 0.4) is 0 Å². The molecular formula is C23H26FN5O3. The molecule has 0 atom stereocenters. The lowest BCUT2D eigenvalue weighted by atomic mass is 9.89. The number of carbonyl (C=O) groups is 2. The highest BCUT2D eigenvalue weighted by molar-refractivity contribution is 5.98. The Balaban J connectivity index is 1.32. The fraction of sp³-hybridized carbons (Fsp3) is 0.391. The number of halogens is 1. The quantitative estimate of drug-likeness (QED) is 0.548. The number of H-pyrrole nitrogens is 1. The number of piperidine rings is 1. The summed E-state index contributed by atoms with van der Waals surface area (Å²) in [5.74, 6) is -0.983. The molecule has 1 aromatic carbocycles. The van der Waals surface area contributed by atoms with E-state index in [0.29, 0.717) is 28.9 Å². The Morgan fingerprint density at radius 1 is 1.22 bits per heavy atom. The summed E-state index contributed by atoms with van der Waals surface area (Å²) in [7, 11) is 0. The molecule has 32 heavy (non-hydrogen) atoms. The van der Waals surface area contributed by atoms with Crippen molar-refractivity contribution in [1.29, 1.82) is 0 Å². The van der Waals surface area contributed by atoms with E-state index in [4.69, 9.17) is 5.73 Å². The van der Waals surface area contributed by atoms with E-state index in [0.717, 1.165) is 38.9 Å². The van der Waals surface area contributed by atoms with Gasteiger partial charge in [0.1, 0.15) is 12.1 Å². The number of fused-ring (bicyclic) bond motifs is 1. The molecule has 0 unspecified atom stereocenters. The van der Waals surface area contributed by atoms with Crippen LogP contribution in [0.15, 0.2) is 35.4 Å². The number of hydrogen-bond acceptors (Lipinski definition) is 5. The van der Waals surface area contributed by atoms with Crippen molar-refractivity contribution in [2.75, 3.05) is 19.6 Å². The minimum absolute atomic E-state index is 0.0371. The maximum absolute atomic E-state index is 13.1. The van der Waals surface area contributed by atoms with Gasteiger partial charge >= 0.3 is 0 Å². The number of aromatic nitrogens is 3. The number of ketones is 1. The second-order valence-corrected chi connectivity index (χ2v) is 8.30. The molecule has 3 heterocycles. The van der Waals surface area contributed by atoms with Crippen molar-refractivity contribution in [1.82, 2.24) is 19.3 Å². The van der Waals surface area contributed by atoms with E-state index in [1.165, 1.54) is 22.9 Å². The van der Waals surface area contributed by atoms with Crippen LogP contribution in [-0.4, -0.2) is 50.6 Å². The number of amides is 1. The predicted molar refractivity (Wildman–Crippen MR) is 117 cm³/mol. The standard InChI is InChI=1S/C23H26FN5O3/c1-14-18(23(32)29-13-26-19(21(25)31)22(29)27-14)3-2-10-28-11-8-16(9-12-28)20(30)15-4-6-17(24)7-5-15/h4-7,13,16,27H,2-3,8-12H2,1H3,(H2,25,31). The van der Waals surface area contributed by atoms with E-state index in [1.54, 1.807) is 19.1 Å². The van der Waals surface area contributed by atoms with E-state index in [9.17, 15) is 18.8 Å². The number of primary amides is 1. The summed E-state index contributed by atoms with van der Waals surface area (Å²) in [5.41, 5.74) is 7.41. The average Bonchev–Trinajstić information content (AvgIpc) is 3.21. The molecule has 0 bridgehead atoms.